The number of ether oxygens (including phenoxy) is 2. The first kappa shape index (κ1) is 23.5. The molecule has 1 heterocycles. The normalized spacial score (nSPS) is 16.1. The number of nitrogens with zero attached hydrogens (tertiary/aromatic N) is 2. The second kappa shape index (κ2) is 13.4. The molecule has 0 bridgehead atoms. The van der Waals surface area contributed by atoms with Crippen LogP contribution in [0.25, 0.3) is 0 Å². The van der Waals surface area contributed by atoms with Gasteiger partial charge in [-0.1, -0.05) is 19.1 Å². The van der Waals surface area contributed by atoms with Gasteiger partial charge in [-0.15, -0.1) is 0 Å². The molecule has 6 heteroatoms. The van der Waals surface area contributed by atoms with E-state index < -0.39 is 0 Å². The fourth-order valence-electron chi connectivity index (χ4n) is 3.68. The number of rotatable bonds is 11. The first-order chi connectivity index (χ1) is 14.2. The average Bonchev–Trinajstić information content (AvgIpc) is 2.75. The summed E-state index contributed by atoms with van der Waals surface area (Å²) in [5.41, 5.74) is 2.32. The lowest BCUT2D eigenvalue weighted by molar-refractivity contribution is 0.110. The molecule has 0 aliphatic carbocycles. The minimum atomic E-state index is 0.564. The number of aliphatic imine (C=N–C) groups is 1. The summed E-state index contributed by atoms with van der Waals surface area (Å²) < 4.78 is 11.3. The maximum absolute atomic E-state index is 5.94. The van der Waals surface area contributed by atoms with Gasteiger partial charge in [0, 0.05) is 32.3 Å². The molecule has 0 amide bonds. The predicted octanol–water partition coefficient (Wildman–Crippen LogP) is 3.20. The summed E-state index contributed by atoms with van der Waals surface area (Å²) in [5, 5.41) is 6.89. The molecule has 1 aliphatic heterocycles. The Bertz CT molecular complexity index is 613. The van der Waals surface area contributed by atoms with Crippen molar-refractivity contribution in [2.75, 3.05) is 53.0 Å². The highest BCUT2D eigenvalue weighted by atomic mass is 16.5. The molecule has 1 aromatic rings. The van der Waals surface area contributed by atoms with Crippen molar-refractivity contribution in [2.24, 2.45) is 10.9 Å². The van der Waals surface area contributed by atoms with Crippen LogP contribution in [0.3, 0.4) is 0 Å². The molecular formula is C23H40N4O2. The molecule has 0 unspecified atom stereocenters. The number of likely N-dealkylation sites (tertiary alicyclic amines) is 1. The molecule has 29 heavy (non-hydrogen) atoms. The lowest BCUT2D eigenvalue weighted by atomic mass is 9.93. The van der Waals surface area contributed by atoms with Gasteiger partial charge in [0.25, 0.3) is 0 Å². The van der Waals surface area contributed by atoms with E-state index in [1.54, 1.807) is 0 Å². The van der Waals surface area contributed by atoms with Crippen molar-refractivity contribution < 1.29 is 9.47 Å². The maximum Gasteiger partial charge on any atom is 0.191 e. The monoisotopic (exact) mass is 404 g/mol. The van der Waals surface area contributed by atoms with E-state index in [0.717, 1.165) is 29.7 Å². The van der Waals surface area contributed by atoms with E-state index in [9.17, 15) is 0 Å². The fraction of sp³-hybridized carbons (Fsp3) is 0.696. The van der Waals surface area contributed by atoms with Crippen molar-refractivity contribution in [1.29, 1.82) is 0 Å². The number of benzene rings is 1. The Morgan fingerprint density at radius 3 is 2.66 bits per heavy atom. The Hall–Kier alpha value is -1.79. The zero-order valence-corrected chi connectivity index (χ0v) is 18.8. The van der Waals surface area contributed by atoms with Gasteiger partial charge in [0.1, 0.15) is 12.4 Å². The van der Waals surface area contributed by atoms with Crippen molar-refractivity contribution in [2.45, 2.75) is 46.6 Å². The van der Waals surface area contributed by atoms with Crippen molar-refractivity contribution in [3.8, 4) is 5.75 Å². The van der Waals surface area contributed by atoms with E-state index in [2.05, 4.69) is 52.6 Å². The van der Waals surface area contributed by atoms with Crippen molar-refractivity contribution in [1.82, 2.24) is 15.5 Å². The first-order valence-electron chi connectivity index (χ1n) is 11.1. The van der Waals surface area contributed by atoms with Crippen LogP contribution in [0.4, 0.5) is 0 Å². The highest BCUT2D eigenvalue weighted by Gasteiger charge is 2.17. The third-order valence-electron chi connectivity index (χ3n) is 5.58. The number of guanidine groups is 1. The highest BCUT2D eigenvalue weighted by molar-refractivity contribution is 5.79. The van der Waals surface area contributed by atoms with E-state index in [-0.39, 0.29) is 0 Å². The number of piperidine rings is 1. The summed E-state index contributed by atoms with van der Waals surface area (Å²) in [6.45, 7) is 13.5. The molecule has 1 aromatic carbocycles. The van der Waals surface area contributed by atoms with Crippen LogP contribution in [-0.2, 0) is 11.3 Å². The SMILES string of the molecule is CCOCCOc1cc(C)ccc1CNC(=NC)NCCC1CCN(CC)CC1. The first-order valence-corrected chi connectivity index (χ1v) is 11.1. The summed E-state index contributed by atoms with van der Waals surface area (Å²) in [7, 11) is 1.82. The van der Waals surface area contributed by atoms with E-state index in [0.29, 0.717) is 26.4 Å². The summed E-state index contributed by atoms with van der Waals surface area (Å²) in [6.07, 6.45) is 3.83. The molecule has 0 aromatic heterocycles. The van der Waals surface area contributed by atoms with Crippen molar-refractivity contribution in [3.63, 3.8) is 0 Å². The molecule has 1 aliphatic rings. The van der Waals surface area contributed by atoms with Crippen LogP contribution in [-0.4, -0.2) is 63.9 Å². The fourth-order valence-corrected chi connectivity index (χ4v) is 3.68. The van der Waals surface area contributed by atoms with Crippen LogP contribution in [0.2, 0.25) is 0 Å². The summed E-state index contributed by atoms with van der Waals surface area (Å²) in [6, 6.07) is 6.32. The van der Waals surface area contributed by atoms with Crippen LogP contribution in [0.1, 0.15) is 44.2 Å². The number of hydrogen-bond donors (Lipinski definition) is 2. The molecular weight excluding hydrogens is 364 g/mol. The van der Waals surface area contributed by atoms with Gasteiger partial charge in [0.15, 0.2) is 5.96 Å². The number of hydrogen-bond acceptors (Lipinski definition) is 4. The quantitative estimate of drug-likeness (QED) is 0.337. The molecule has 0 saturated carbocycles. The van der Waals surface area contributed by atoms with Gasteiger partial charge in [-0.05, 0) is 70.3 Å². The topological polar surface area (TPSA) is 58.1 Å². The largest absolute Gasteiger partial charge is 0.491 e. The van der Waals surface area contributed by atoms with Gasteiger partial charge in [-0.2, -0.15) is 0 Å². The van der Waals surface area contributed by atoms with Gasteiger partial charge < -0.3 is 25.0 Å². The minimum absolute atomic E-state index is 0.564. The van der Waals surface area contributed by atoms with Gasteiger partial charge in [0.2, 0.25) is 0 Å². The molecule has 0 radical (unpaired) electrons. The van der Waals surface area contributed by atoms with Gasteiger partial charge >= 0.3 is 0 Å². The Morgan fingerprint density at radius 1 is 1.17 bits per heavy atom. The van der Waals surface area contributed by atoms with Crippen LogP contribution >= 0.6 is 0 Å². The molecule has 2 rings (SSSR count). The Morgan fingerprint density at radius 2 is 1.97 bits per heavy atom. The molecule has 1 fully saturated rings. The van der Waals surface area contributed by atoms with E-state index in [4.69, 9.17) is 9.47 Å². The predicted molar refractivity (Wildman–Crippen MR) is 121 cm³/mol. The highest BCUT2D eigenvalue weighted by Crippen LogP contribution is 2.21. The lowest BCUT2D eigenvalue weighted by Crippen LogP contribution is -2.39. The molecule has 0 spiro atoms. The summed E-state index contributed by atoms with van der Waals surface area (Å²) >= 11 is 0. The molecule has 6 nitrogen and oxygen atoms in total. The summed E-state index contributed by atoms with van der Waals surface area (Å²) in [4.78, 5) is 6.91. The second-order valence-corrected chi connectivity index (χ2v) is 7.68. The smallest absolute Gasteiger partial charge is 0.191 e. The lowest BCUT2D eigenvalue weighted by Gasteiger charge is -2.31. The number of aryl methyl sites for hydroxylation is 1. The Labute approximate surface area is 177 Å². The minimum Gasteiger partial charge on any atom is -0.491 e. The summed E-state index contributed by atoms with van der Waals surface area (Å²) in [5.74, 6) is 2.58. The van der Waals surface area contributed by atoms with E-state index in [1.807, 2.05) is 14.0 Å². The maximum atomic E-state index is 5.94. The Kier molecular flexibility index (Phi) is 10.9. The molecule has 2 N–H and O–H groups in total. The zero-order chi connectivity index (χ0) is 20.9. The zero-order valence-electron chi connectivity index (χ0n) is 18.8. The van der Waals surface area contributed by atoms with Crippen LogP contribution in [0.5, 0.6) is 5.75 Å². The number of nitrogens with one attached hydrogen (secondary N) is 2. The van der Waals surface area contributed by atoms with Crippen LogP contribution < -0.4 is 15.4 Å². The average molecular weight is 405 g/mol. The van der Waals surface area contributed by atoms with Gasteiger partial charge in [-0.25, -0.2) is 0 Å². The van der Waals surface area contributed by atoms with Crippen LogP contribution in [0, 0.1) is 12.8 Å². The van der Waals surface area contributed by atoms with E-state index in [1.165, 1.54) is 44.5 Å². The third kappa shape index (κ3) is 8.62. The van der Waals surface area contributed by atoms with Gasteiger partial charge in [-0.3, -0.25) is 4.99 Å². The van der Waals surface area contributed by atoms with E-state index >= 15 is 0 Å². The van der Waals surface area contributed by atoms with Crippen LogP contribution in [0.15, 0.2) is 23.2 Å². The van der Waals surface area contributed by atoms with Crippen molar-refractivity contribution >= 4 is 5.96 Å². The molecule has 164 valence electrons. The standard InChI is InChI=1S/C23H40N4O2/c1-5-27-13-10-20(11-14-27)9-12-25-23(24-4)26-18-21-8-7-19(3)17-22(21)29-16-15-28-6-2/h7-8,17,20H,5-6,9-16,18H2,1-4H3,(H2,24,25,26). The second-order valence-electron chi connectivity index (χ2n) is 7.68. The Balaban J connectivity index is 1.75. The van der Waals surface area contributed by atoms with Crippen molar-refractivity contribution in [3.05, 3.63) is 29.3 Å². The molecule has 0 atom stereocenters. The van der Waals surface area contributed by atoms with Gasteiger partial charge in [0.05, 0.1) is 6.61 Å². The molecule has 1 saturated heterocycles. The third-order valence-corrected chi connectivity index (χ3v) is 5.58.